The molecule has 4 saturated heterocycles. The van der Waals surface area contributed by atoms with Crippen molar-refractivity contribution in [3.63, 3.8) is 0 Å². The van der Waals surface area contributed by atoms with Gasteiger partial charge in [-0.15, -0.1) is 0 Å². The second-order valence-electron chi connectivity index (χ2n) is 6.13. The monoisotopic (exact) mass is 223 g/mol. The molecule has 3 atom stereocenters. The number of rotatable bonds is 3. The zero-order chi connectivity index (χ0) is 11.2. The maximum atomic E-state index is 5.83. The minimum atomic E-state index is 0.567. The van der Waals surface area contributed by atoms with Crippen molar-refractivity contribution in [2.45, 2.75) is 19.8 Å². The van der Waals surface area contributed by atoms with Gasteiger partial charge in [0.05, 0.1) is 0 Å². The summed E-state index contributed by atoms with van der Waals surface area (Å²) in [6.45, 7) is 11.2. The molecule has 2 N–H and O–H groups in total. The van der Waals surface area contributed by atoms with Crippen LogP contribution in [0, 0.1) is 17.3 Å². The highest BCUT2D eigenvalue weighted by molar-refractivity contribution is 5.04. The van der Waals surface area contributed by atoms with Crippen molar-refractivity contribution in [1.29, 1.82) is 0 Å². The summed E-state index contributed by atoms with van der Waals surface area (Å²) in [6, 6.07) is 0. The van der Waals surface area contributed by atoms with Gasteiger partial charge in [-0.1, -0.05) is 6.92 Å². The summed E-state index contributed by atoms with van der Waals surface area (Å²) in [5.74, 6) is 1.79. The van der Waals surface area contributed by atoms with E-state index in [9.17, 15) is 0 Å². The molecule has 3 unspecified atom stereocenters. The Morgan fingerprint density at radius 2 is 1.81 bits per heavy atom. The van der Waals surface area contributed by atoms with E-state index in [4.69, 9.17) is 5.73 Å². The van der Waals surface area contributed by atoms with E-state index in [1.54, 1.807) is 0 Å². The lowest BCUT2D eigenvalue weighted by atomic mass is 9.61. The van der Waals surface area contributed by atoms with Gasteiger partial charge in [0.15, 0.2) is 0 Å². The van der Waals surface area contributed by atoms with Gasteiger partial charge < -0.3 is 15.5 Å². The Morgan fingerprint density at radius 1 is 1.19 bits per heavy atom. The quantitative estimate of drug-likeness (QED) is 0.761. The van der Waals surface area contributed by atoms with E-state index < -0.39 is 0 Å². The average molecular weight is 223 g/mol. The Morgan fingerprint density at radius 3 is 2.31 bits per heavy atom. The maximum absolute atomic E-state index is 5.83. The van der Waals surface area contributed by atoms with Crippen LogP contribution in [0.2, 0.25) is 0 Å². The SMILES string of the molecule is CCC12CN3CCN(CC(C3)C1CCN)C2. The molecule has 4 aliphatic heterocycles. The molecular weight excluding hydrogens is 198 g/mol. The number of fused-ring (bicyclic) bond motifs is 1. The van der Waals surface area contributed by atoms with Gasteiger partial charge in [-0.2, -0.15) is 0 Å². The average Bonchev–Trinajstić information content (AvgIpc) is 2.52. The molecule has 16 heavy (non-hydrogen) atoms. The number of hydrogen-bond acceptors (Lipinski definition) is 3. The highest BCUT2D eigenvalue weighted by atomic mass is 15.3. The van der Waals surface area contributed by atoms with Crippen molar-refractivity contribution in [2.24, 2.45) is 23.0 Å². The van der Waals surface area contributed by atoms with Crippen LogP contribution in [-0.4, -0.2) is 55.6 Å². The molecule has 92 valence electrons. The molecule has 3 nitrogen and oxygen atoms in total. The van der Waals surface area contributed by atoms with E-state index in [0.29, 0.717) is 5.41 Å². The molecule has 0 saturated carbocycles. The molecule has 0 aromatic heterocycles. The fraction of sp³-hybridized carbons (Fsp3) is 1.00. The summed E-state index contributed by atoms with van der Waals surface area (Å²) < 4.78 is 0. The minimum absolute atomic E-state index is 0.567. The second kappa shape index (κ2) is 3.97. The number of nitrogens with two attached hydrogens (primary N) is 1. The third-order valence-corrected chi connectivity index (χ3v) is 5.33. The highest BCUT2D eigenvalue weighted by Crippen LogP contribution is 2.48. The van der Waals surface area contributed by atoms with E-state index in [1.807, 2.05) is 0 Å². The third-order valence-electron chi connectivity index (χ3n) is 5.33. The molecule has 0 radical (unpaired) electrons. The van der Waals surface area contributed by atoms with Crippen molar-refractivity contribution < 1.29 is 0 Å². The lowest BCUT2D eigenvalue weighted by Crippen LogP contribution is -2.60. The summed E-state index contributed by atoms with van der Waals surface area (Å²) in [6.07, 6.45) is 2.58. The zero-order valence-electron chi connectivity index (χ0n) is 10.5. The van der Waals surface area contributed by atoms with Crippen LogP contribution in [0.1, 0.15) is 19.8 Å². The second-order valence-corrected chi connectivity index (χ2v) is 6.13. The van der Waals surface area contributed by atoms with Gasteiger partial charge in [0.25, 0.3) is 0 Å². The normalized spacial score (nSPS) is 50.6. The van der Waals surface area contributed by atoms with Gasteiger partial charge in [0.2, 0.25) is 0 Å². The first-order chi connectivity index (χ1) is 7.77. The van der Waals surface area contributed by atoms with Gasteiger partial charge >= 0.3 is 0 Å². The van der Waals surface area contributed by atoms with Crippen molar-refractivity contribution >= 4 is 0 Å². The molecule has 4 fully saturated rings. The van der Waals surface area contributed by atoms with Crippen molar-refractivity contribution in [2.75, 3.05) is 45.8 Å². The molecule has 0 spiro atoms. The Balaban J connectivity index is 1.91. The van der Waals surface area contributed by atoms with Crippen molar-refractivity contribution in [3.05, 3.63) is 0 Å². The van der Waals surface area contributed by atoms with Crippen molar-refractivity contribution in [3.8, 4) is 0 Å². The maximum Gasteiger partial charge on any atom is 0.0110 e. The molecule has 0 aromatic rings. The Labute approximate surface area is 99.0 Å². The smallest absolute Gasteiger partial charge is 0.0110 e. The summed E-state index contributed by atoms with van der Waals surface area (Å²) >= 11 is 0. The third kappa shape index (κ3) is 1.52. The fourth-order valence-electron chi connectivity index (χ4n) is 4.61. The van der Waals surface area contributed by atoms with E-state index in [0.717, 1.165) is 18.4 Å². The van der Waals surface area contributed by atoms with Gasteiger partial charge in [-0.3, -0.25) is 0 Å². The van der Waals surface area contributed by atoms with E-state index in [1.165, 1.54) is 52.1 Å². The topological polar surface area (TPSA) is 32.5 Å². The largest absolute Gasteiger partial charge is 0.330 e. The Bertz CT molecular complexity index is 250. The molecule has 3 heteroatoms. The Hall–Kier alpha value is -0.120. The first-order valence-corrected chi connectivity index (χ1v) is 6.92. The predicted octanol–water partition coefficient (Wildman–Crippen LogP) is 0.609. The molecule has 0 amide bonds. The summed E-state index contributed by atoms with van der Waals surface area (Å²) in [5, 5.41) is 0. The minimum Gasteiger partial charge on any atom is -0.330 e. The molecule has 0 aromatic carbocycles. The van der Waals surface area contributed by atoms with Crippen LogP contribution in [0.4, 0.5) is 0 Å². The van der Waals surface area contributed by atoms with Crippen LogP contribution < -0.4 is 5.73 Å². The van der Waals surface area contributed by atoms with Crippen LogP contribution in [0.3, 0.4) is 0 Å². The molecular formula is C13H25N3. The van der Waals surface area contributed by atoms with Crippen LogP contribution in [0.25, 0.3) is 0 Å². The molecule has 4 rings (SSSR count). The first-order valence-electron chi connectivity index (χ1n) is 6.92. The molecule has 4 aliphatic rings. The van der Waals surface area contributed by atoms with Crippen molar-refractivity contribution in [1.82, 2.24) is 9.80 Å². The van der Waals surface area contributed by atoms with Gasteiger partial charge in [0, 0.05) is 39.3 Å². The van der Waals surface area contributed by atoms with Crippen LogP contribution in [-0.2, 0) is 0 Å². The standard InChI is InChI=1S/C13H25N3/c1-2-13-9-15-5-6-16(10-13)8-11(7-15)12(13)3-4-14/h11-12H,2-10,14H2,1H3. The molecule has 0 aliphatic carbocycles. The predicted molar refractivity (Wildman–Crippen MR) is 66.3 cm³/mol. The fourth-order valence-corrected chi connectivity index (χ4v) is 4.61. The van der Waals surface area contributed by atoms with Gasteiger partial charge in [-0.05, 0) is 36.6 Å². The summed E-state index contributed by atoms with van der Waals surface area (Å²) in [4.78, 5) is 5.43. The van der Waals surface area contributed by atoms with E-state index in [2.05, 4.69) is 16.7 Å². The van der Waals surface area contributed by atoms with Gasteiger partial charge in [-0.25, -0.2) is 0 Å². The highest BCUT2D eigenvalue weighted by Gasteiger charge is 2.52. The van der Waals surface area contributed by atoms with Crippen LogP contribution in [0.15, 0.2) is 0 Å². The van der Waals surface area contributed by atoms with E-state index >= 15 is 0 Å². The zero-order valence-corrected chi connectivity index (χ0v) is 10.5. The number of hydrogen-bond donors (Lipinski definition) is 1. The lowest BCUT2D eigenvalue weighted by Gasteiger charge is -2.55. The summed E-state index contributed by atoms with van der Waals surface area (Å²) in [5.41, 5.74) is 6.40. The summed E-state index contributed by atoms with van der Waals surface area (Å²) in [7, 11) is 0. The Kier molecular flexibility index (Phi) is 2.73. The molecule has 4 bridgehead atoms. The number of nitrogens with zero attached hydrogens (tertiary/aromatic N) is 2. The number of piperidine rings is 2. The first kappa shape index (κ1) is 11.0. The van der Waals surface area contributed by atoms with Crippen LogP contribution in [0.5, 0.6) is 0 Å². The molecule has 4 heterocycles. The lowest BCUT2D eigenvalue weighted by molar-refractivity contribution is -0.0632. The van der Waals surface area contributed by atoms with Gasteiger partial charge in [0.1, 0.15) is 0 Å². The van der Waals surface area contributed by atoms with E-state index in [-0.39, 0.29) is 0 Å². The van der Waals surface area contributed by atoms with Crippen LogP contribution >= 0.6 is 0 Å².